The SMILES string of the molecule is O=C1OCCNS1. The molecule has 1 N–H and O–H groups in total. The highest BCUT2D eigenvalue weighted by atomic mass is 32.2. The van der Waals surface area contributed by atoms with Gasteiger partial charge >= 0.3 is 5.30 Å². The van der Waals surface area contributed by atoms with E-state index >= 15 is 0 Å². The molecule has 0 aliphatic carbocycles. The van der Waals surface area contributed by atoms with Gasteiger partial charge in [-0.15, -0.1) is 0 Å². The van der Waals surface area contributed by atoms with Crippen LogP contribution in [-0.4, -0.2) is 18.5 Å². The molecule has 0 aromatic rings. The first-order valence-corrected chi connectivity index (χ1v) is 2.78. The summed E-state index contributed by atoms with van der Waals surface area (Å²) in [5.74, 6) is 0. The molecule has 0 amide bonds. The third-order valence-corrected chi connectivity index (χ3v) is 1.21. The summed E-state index contributed by atoms with van der Waals surface area (Å²) in [4.78, 5) is 10.1. The van der Waals surface area contributed by atoms with Crippen LogP contribution in [0.1, 0.15) is 0 Å². The first kappa shape index (κ1) is 4.93. The molecular formula is C3H5NO2S. The Morgan fingerprint density at radius 3 is 3.00 bits per heavy atom. The molecule has 3 nitrogen and oxygen atoms in total. The van der Waals surface area contributed by atoms with Crippen molar-refractivity contribution >= 4 is 17.2 Å². The smallest absolute Gasteiger partial charge is 0.382 e. The summed E-state index contributed by atoms with van der Waals surface area (Å²) in [5, 5.41) is -0.230. The van der Waals surface area contributed by atoms with Gasteiger partial charge in [0.15, 0.2) is 0 Å². The zero-order valence-corrected chi connectivity index (χ0v) is 4.46. The van der Waals surface area contributed by atoms with Gasteiger partial charge in [0.25, 0.3) is 0 Å². The van der Waals surface area contributed by atoms with Gasteiger partial charge in [0.2, 0.25) is 0 Å². The maximum Gasteiger partial charge on any atom is 0.382 e. The van der Waals surface area contributed by atoms with Gasteiger partial charge in [-0.3, -0.25) is 4.72 Å². The van der Waals surface area contributed by atoms with Gasteiger partial charge in [-0.1, -0.05) is 0 Å². The van der Waals surface area contributed by atoms with Crippen LogP contribution < -0.4 is 4.72 Å². The van der Waals surface area contributed by atoms with Crippen LogP contribution in [0.2, 0.25) is 0 Å². The Hall–Kier alpha value is -0.220. The molecule has 4 heteroatoms. The van der Waals surface area contributed by atoms with Gasteiger partial charge in [-0.05, 0) is 0 Å². The van der Waals surface area contributed by atoms with Gasteiger partial charge in [0.05, 0.1) is 0 Å². The minimum atomic E-state index is -0.230. The standard InChI is InChI=1S/C3H5NO2S/c5-3-6-2-1-4-7-3/h4H,1-2H2. The molecule has 1 heterocycles. The van der Waals surface area contributed by atoms with Crippen LogP contribution in [0, 0.1) is 0 Å². The third-order valence-electron chi connectivity index (χ3n) is 0.580. The second-order valence-electron chi connectivity index (χ2n) is 1.09. The molecule has 0 aromatic heterocycles. The first-order valence-electron chi connectivity index (χ1n) is 1.96. The average Bonchev–Trinajstić information content (AvgIpc) is 1.69. The van der Waals surface area contributed by atoms with Crippen LogP contribution in [0.5, 0.6) is 0 Å². The fourth-order valence-corrected chi connectivity index (χ4v) is 0.761. The molecule has 0 atom stereocenters. The number of carbonyl (C=O) groups is 1. The van der Waals surface area contributed by atoms with E-state index in [4.69, 9.17) is 0 Å². The zero-order chi connectivity index (χ0) is 5.11. The van der Waals surface area contributed by atoms with Gasteiger partial charge in [-0.2, -0.15) is 0 Å². The van der Waals surface area contributed by atoms with Crippen LogP contribution in [-0.2, 0) is 4.74 Å². The normalized spacial score (nSPS) is 21.4. The lowest BCUT2D eigenvalue weighted by Crippen LogP contribution is -2.22. The molecule has 0 unspecified atom stereocenters. The van der Waals surface area contributed by atoms with Crippen LogP contribution in [0.15, 0.2) is 0 Å². The first-order chi connectivity index (χ1) is 3.39. The van der Waals surface area contributed by atoms with Crippen molar-refractivity contribution in [3.05, 3.63) is 0 Å². The lowest BCUT2D eigenvalue weighted by molar-refractivity contribution is 0.173. The second kappa shape index (κ2) is 2.18. The van der Waals surface area contributed by atoms with Crippen LogP contribution in [0.3, 0.4) is 0 Å². The van der Waals surface area contributed by atoms with Gasteiger partial charge in [0, 0.05) is 18.5 Å². The number of ether oxygens (including phenoxy) is 1. The van der Waals surface area contributed by atoms with E-state index in [9.17, 15) is 4.79 Å². The van der Waals surface area contributed by atoms with Gasteiger partial charge in [0.1, 0.15) is 6.61 Å². The highest BCUT2D eigenvalue weighted by Gasteiger charge is 2.07. The molecule has 0 aromatic carbocycles. The number of cyclic esters (lactones) is 1. The van der Waals surface area contributed by atoms with Crippen molar-refractivity contribution in [2.45, 2.75) is 0 Å². The second-order valence-corrected chi connectivity index (χ2v) is 1.92. The summed E-state index contributed by atoms with van der Waals surface area (Å²) in [6.07, 6.45) is 0. The molecular weight excluding hydrogens is 114 g/mol. The molecule has 1 rings (SSSR count). The van der Waals surface area contributed by atoms with Crippen LogP contribution in [0.4, 0.5) is 4.79 Å². The Morgan fingerprint density at radius 1 is 1.86 bits per heavy atom. The summed E-state index contributed by atoms with van der Waals surface area (Å²) in [5.41, 5.74) is 0. The fourth-order valence-electron chi connectivity index (χ4n) is 0.315. The predicted molar refractivity (Wildman–Crippen MR) is 26.9 cm³/mol. The van der Waals surface area contributed by atoms with Gasteiger partial charge in [-0.25, -0.2) is 4.79 Å². The van der Waals surface area contributed by atoms with E-state index in [0.717, 1.165) is 18.5 Å². The van der Waals surface area contributed by atoms with Crippen LogP contribution >= 0.6 is 11.9 Å². The highest BCUT2D eigenvalue weighted by molar-refractivity contribution is 8.11. The van der Waals surface area contributed by atoms with E-state index in [-0.39, 0.29) is 5.30 Å². The minimum absolute atomic E-state index is 0.230. The Morgan fingerprint density at radius 2 is 2.71 bits per heavy atom. The third kappa shape index (κ3) is 1.36. The summed E-state index contributed by atoms with van der Waals surface area (Å²) >= 11 is 1.01. The monoisotopic (exact) mass is 119 g/mol. The predicted octanol–water partition coefficient (Wildman–Crippen LogP) is 0.374. The van der Waals surface area contributed by atoms with Crippen molar-refractivity contribution in [2.24, 2.45) is 0 Å². The fraction of sp³-hybridized carbons (Fsp3) is 0.667. The quantitative estimate of drug-likeness (QED) is 0.369. The van der Waals surface area contributed by atoms with Crippen molar-refractivity contribution in [3.8, 4) is 0 Å². The Labute approximate surface area is 45.5 Å². The maximum absolute atomic E-state index is 10.1. The topological polar surface area (TPSA) is 38.3 Å². The molecule has 0 radical (unpaired) electrons. The molecule has 0 saturated carbocycles. The minimum Gasteiger partial charge on any atom is -0.455 e. The largest absolute Gasteiger partial charge is 0.455 e. The van der Waals surface area contributed by atoms with Crippen molar-refractivity contribution < 1.29 is 9.53 Å². The molecule has 40 valence electrons. The Balaban J connectivity index is 2.25. The summed E-state index contributed by atoms with van der Waals surface area (Å²) < 4.78 is 7.32. The van der Waals surface area contributed by atoms with E-state index < -0.39 is 0 Å². The van der Waals surface area contributed by atoms with Crippen LogP contribution in [0.25, 0.3) is 0 Å². The highest BCUT2D eigenvalue weighted by Crippen LogP contribution is 2.02. The Bertz CT molecular complexity index is 77.0. The van der Waals surface area contributed by atoms with Gasteiger partial charge < -0.3 is 4.74 Å². The number of rotatable bonds is 0. The molecule has 0 bridgehead atoms. The zero-order valence-electron chi connectivity index (χ0n) is 3.64. The lowest BCUT2D eigenvalue weighted by Gasteiger charge is -2.08. The van der Waals surface area contributed by atoms with E-state index in [1.807, 2.05) is 0 Å². The number of nitrogens with one attached hydrogen (secondary N) is 1. The molecule has 0 spiro atoms. The van der Waals surface area contributed by atoms with Crippen molar-refractivity contribution in [1.82, 2.24) is 4.72 Å². The molecule has 1 fully saturated rings. The summed E-state index contributed by atoms with van der Waals surface area (Å²) in [7, 11) is 0. The van der Waals surface area contributed by atoms with E-state index in [0.29, 0.717) is 6.61 Å². The molecule has 1 aliphatic rings. The van der Waals surface area contributed by atoms with Crippen molar-refractivity contribution in [2.75, 3.05) is 13.2 Å². The average molecular weight is 119 g/mol. The van der Waals surface area contributed by atoms with E-state index in [1.165, 1.54) is 0 Å². The molecule has 7 heavy (non-hydrogen) atoms. The molecule has 1 aliphatic heterocycles. The lowest BCUT2D eigenvalue weighted by atomic mass is 10.7. The number of carbonyl (C=O) groups excluding carboxylic acids is 1. The van der Waals surface area contributed by atoms with Crippen molar-refractivity contribution in [1.29, 1.82) is 0 Å². The number of hydrogen-bond donors (Lipinski definition) is 1. The van der Waals surface area contributed by atoms with E-state index in [1.54, 1.807) is 0 Å². The summed E-state index contributed by atoms with van der Waals surface area (Å²) in [6.45, 7) is 1.27. The van der Waals surface area contributed by atoms with Crippen molar-refractivity contribution in [3.63, 3.8) is 0 Å². The van der Waals surface area contributed by atoms with E-state index in [2.05, 4.69) is 9.46 Å². The summed E-state index contributed by atoms with van der Waals surface area (Å²) in [6, 6.07) is 0. The molecule has 1 saturated heterocycles. The maximum atomic E-state index is 10.1. The Kier molecular flexibility index (Phi) is 1.54. The number of hydrogen-bond acceptors (Lipinski definition) is 4.